The molecule has 0 saturated carbocycles. The molecule has 0 amide bonds. The van der Waals surface area contributed by atoms with Crippen LogP contribution < -0.4 is 0 Å². The molecule has 0 rings (SSSR count). The standard InChI is InChI=1S/Al.2O.2Ti.Zr.3H. The molecule has 0 N–H and O–H groups in total. The zero-order valence-electron chi connectivity index (χ0n) is 2.32. The third-order valence-electron chi connectivity index (χ3n) is 0. The minimum absolute atomic E-state index is 0. The molecule has 30 valence electrons. The van der Waals surface area contributed by atoms with Gasteiger partial charge in [0.25, 0.3) is 0 Å². The predicted molar refractivity (Wildman–Crippen MR) is 11.3 cm³/mol. The van der Waals surface area contributed by atoms with Gasteiger partial charge in [-0.05, 0) is 0 Å². The van der Waals surface area contributed by atoms with Crippen LogP contribution in [0.25, 0.3) is 0 Å². The summed E-state index contributed by atoms with van der Waals surface area (Å²) in [6, 6.07) is 0. The molecule has 6 heavy (non-hydrogen) atoms. The molecule has 0 saturated heterocycles. The smallest absolute Gasteiger partial charge is 0 e. The topological polar surface area (TPSA) is 34.1 Å². The van der Waals surface area contributed by atoms with E-state index in [-0.39, 0.29) is 65.3 Å². The summed E-state index contributed by atoms with van der Waals surface area (Å²) in [4.78, 5) is 0. The Hall–Kier alpha value is 2.44. The number of rotatable bonds is 0. The van der Waals surface area contributed by atoms with Crippen molar-refractivity contribution in [2.75, 3.05) is 0 Å². The van der Waals surface area contributed by atoms with E-state index in [2.05, 4.69) is 0 Å². The molecule has 0 fully saturated rings. The van der Waals surface area contributed by atoms with E-state index in [9.17, 15) is 0 Å². The van der Waals surface area contributed by atoms with Gasteiger partial charge in [-0.1, -0.05) is 0 Å². The summed E-state index contributed by atoms with van der Waals surface area (Å²) in [5, 5.41) is 0. The molecule has 0 aromatic rings. The Morgan fingerprint density at radius 2 is 1.17 bits per heavy atom. The van der Waals surface area contributed by atoms with Crippen LogP contribution in [0, 0.1) is 0 Å². The van der Waals surface area contributed by atoms with Gasteiger partial charge in [-0.15, -0.1) is 0 Å². The molecular formula is H3AlO2Ti2Zr. The van der Waals surface area contributed by atoms with Gasteiger partial charge in [0.15, 0.2) is 17.4 Å². The van der Waals surface area contributed by atoms with E-state index >= 15 is 0 Å². The summed E-state index contributed by atoms with van der Waals surface area (Å²) in [7, 11) is 0. The van der Waals surface area contributed by atoms with Crippen LogP contribution in [0.2, 0.25) is 0 Å². The van der Waals surface area contributed by atoms with Crippen molar-refractivity contribution >= 4 is 17.4 Å². The summed E-state index contributed by atoms with van der Waals surface area (Å²) >= 11 is -2.00. The van der Waals surface area contributed by atoms with E-state index in [0.29, 0.717) is 0 Å². The summed E-state index contributed by atoms with van der Waals surface area (Å²) in [6.07, 6.45) is 0. The van der Waals surface area contributed by atoms with Gasteiger partial charge in [-0.3, -0.25) is 0 Å². The zero-order chi connectivity index (χ0) is 2.71. The van der Waals surface area contributed by atoms with Gasteiger partial charge in [-0.25, -0.2) is 0 Å². The molecule has 0 aromatic carbocycles. The van der Waals surface area contributed by atoms with Crippen molar-refractivity contribution in [2.24, 2.45) is 0 Å². The average Bonchev–Trinajstić information content (AvgIpc) is 0.918. The van der Waals surface area contributed by atoms with Gasteiger partial charge >= 0.3 is 25.7 Å². The average molecular weight is 249 g/mol. The second-order valence-electron chi connectivity index (χ2n) is 0.0833. The van der Waals surface area contributed by atoms with Crippen LogP contribution in [0.4, 0.5) is 0 Å². The van der Waals surface area contributed by atoms with Crippen LogP contribution in [0.3, 0.4) is 0 Å². The first kappa shape index (κ1) is 23.7. The first-order valence-corrected chi connectivity index (χ1v) is 1.68. The van der Waals surface area contributed by atoms with Gasteiger partial charge in [0.05, 0.1) is 0 Å². The summed E-state index contributed by atoms with van der Waals surface area (Å²) < 4.78 is 17.0. The Morgan fingerprint density at radius 1 is 1.17 bits per heavy atom. The normalized spacial score (nSPS) is 1.33. The molecule has 0 aliphatic carbocycles. The SMILES string of the molecule is [AlH3].[O]=[Ti]=[O].[Ti].[Zr]. The first-order valence-electron chi connectivity index (χ1n) is 0.408. The van der Waals surface area contributed by atoms with Crippen molar-refractivity contribution in [3.8, 4) is 0 Å². The quantitative estimate of drug-likeness (QED) is 0.493. The summed E-state index contributed by atoms with van der Waals surface area (Å²) in [6.45, 7) is 0. The molecule has 0 unspecified atom stereocenters. The second kappa shape index (κ2) is 26.1. The van der Waals surface area contributed by atoms with E-state index in [1.54, 1.807) is 0 Å². The minimum Gasteiger partial charge on any atom is 0 e. The fraction of sp³-hybridized carbons (Fsp3) is 0. The summed E-state index contributed by atoms with van der Waals surface area (Å²) in [5.41, 5.74) is 0. The van der Waals surface area contributed by atoms with Crippen molar-refractivity contribution in [2.45, 2.75) is 0 Å². The maximum Gasteiger partial charge on any atom is 0 e. The van der Waals surface area contributed by atoms with Crippen molar-refractivity contribution in [3.05, 3.63) is 0 Å². The van der Waals surface area contributed by atoms with E-state index in [1.807, 2.05) is 0 Å². The van der Waals surface area contributed by atoms with Crippen molar-refractivity contribution in [1.29, 1.82) is 0 Å². The number of hydrogen-bond acceptors (Lipinski definition) is 2. The van der Waals surface area contributed by atoms with E-state index in [4.69, 9.17) is 6.65 Å². The first-order chi connectivity index (χ1) is 1.41. The molecule has 0 heterocycles. The Labute approximate surface area is 89.5 Å². The van der Waals surface area contributed by atoms with Crippen LogP contribution in [0.1, 0.15) is 0 Å². The third kappa shape index (κ3) is 32.0. The van der Waals surface area contributed by atoms with E-state index < -0.39 is 19.1 Å². The second-order valence-corrected chi connectivity index (χ2v) is 0.344. The molecule has 0 radical (unpaired) electrons. The van der Waals surface area contributed by atoms with Crippen molar-refractivity contribution in [1.82, 2.24) is 0 Å². The van der Waals surface area contributed by atoms with E-state index in [1.165, 1.54) is 0 Å². The number of hydrogen-bond donors (Lipinski definition) is 0. The van der Waals surface area contributed by atoms with Crippen molar-refractivity contribution in [3.63, 3.8) is 0 Å². The molecule has 0 aliphatic heterocycles. The predicted octanol–water partition coefficient (Wildman–Crippen LogP) is -1.43. The molecule has 2 nitrogen and oxygen atoms in total. The maximum absolute atomic E-state index is 8.50. The Kier molecular flexibility index (Phi) is 103. The Bertz CT molecular complexity index is 32.5. The summed E-state index contributed by atoms with van der Waals surface area (Å²) in [5.74, 6) is 0. The monoisotopic (exact) mass is 248 g/mol. The van der Waals surface area contributed by atoms with Crippen LogP contribution >= 0.6 is 0 Å². The molecule has 0 bridgehead atoms. The fourth-order valence-corrected chi connectivity index (χ4v) is 0. The minimum atomic E-state index is -2.00. The van der Waals surface area contributed by atoms with Crippen LogP contribution in [-0.4, -0.2) is 17.4 Å². The Morgan fingerprint density at radius 3 is 1.17 bits per heavy atom. The van der Waals surface area contributed by atoms with Gasteiger partial charge in [0.2, 0.25) is 0 Å². The fourth-order valence-electron chi connectivity index (χ4n) is 0. The third-order valence-corrected chi connectivity index (χ3v) is 0. The van der Waals surface area contributed by atoms with Crippen LogP contribution in [0.5, 0.6) is 0 Å². The van der Waals surface area contributed by atoms with Gasteiger partial charge < -0.3 is 0 Å². The maximum atomic E-state index is 8.50. The Balaban J connectivity index is -0.00000000667. The van der Waals surface area contributed by atoms with Gasteiger partial charge in [0.1, 0.15) is 0 Å². The van der Waals surface area contributed by atoms with Gasteiger partial charge in [0, 0.05) is 47.9 Å². The van der Waals surface area contributed by atoms with Crippen LogP contribution in [0.15, 0.2) is 0 Å². The molecule has 6 heteroatoms. The van der Waals surface area contributed by atoms with Gasteiger partial charge in [-0.2, -0.15) is 0 Å². The molecule has 0 aromatic heterocycles. The molecular weight excluding hydrogens is 246 g/mol. The van der Waals surface area contributed by atoms with E-state index in [0.717, 1.165) is 0 Å². The molecule has 0 atom stereocenters. The van der Waals surface area contributed by atoms with Crippen LogP contribution in [-0.2, 0) is 73.7 Å². The zero-order valence-corrected chi connectivity index (χ0v) is 7.90. The molecule has 0 spiro atoms. The largest absolute Gasteiger partial charge is 0 e. The van der Waals surface area contributed by atoms with Crippen molar-refractivity contribution < 1.29 is 73.7 Å². The molecule has 0 aliphatic rings.